The molecule has 2 aromatic carbocycles. The normalized spacial score (nSPS) is 20.1. The van der Waals surface area contributed by atoms with Gasteiger partial charge in [0.15, 0.2) is 6.10 Å². The number of rotatable bonds is 6. The van der Waals surface area contributed by atoms with Crippen LogP contribution in [0.1, 0.15) is 55.1 Å². The van der Waals surface area contributed by atoms with Crippen LogP contribution in [0.5, 0.6) is 0 Å². The number of esters is 1. The number of carbonyl (C=O) groups excluding carboxylic acids is 1. The van der Waals surface area contributed by atoms with Gasteiger partial charge in [-0.05, 0) is 62.4 Å². The van der Waals surface area contributed by atoms with Gasteiger partial charge in [-0.3, -0.25) is 0 Å². The van der Waals surface area contributed by atoms with Gasteiger partial charge in [0.25, 0.3) is 5.89 Å². The molecule has 1 aliphatic rings. The molecule has 3 aromatic rings. The first-order valence-corrected chi connectivity index (χ1v) is 12.8. The summed E-state index contributed by atoms with van der Waals surface area (Å²) in [5, 5.41) is 8.03. The third kappa shape index (κ3) is 5.20. The van der Waals surface area contributed by atoms with Crippen LogP contribution in [0, 0.1) is 18.8 Å². The lowest BCUT2D eigenvalue weighted by Gasteiger charge is -2.34. The second-order valence-electron chi connectivity index (χ2n) is 9.15. The van der Waals surface area contributed by atoms with Crippen molar-refractivity contribution in [2.45, 2.75) is 45.1 Å². The molecule has 0 N–H and O–H groups in total. The van der Waals surface area contributed by atoms with E-state index >= 15 is 0 Å². The summed E-state index contributed by atoms with van der Waals surface area (Å²) < 4.78 is 39.1. The summed E-state index contributed by atoms with van der Waals surface area (Å²) in [7, 11) is -3.71. The van der Waals surface area contributed by atoms with Crippen molar-refractivity contribution in [3.05, 3.63) is 65.5 Å². The minimum Gasteiger partial charge on any atom is -0.449 e. The summed E-state index contributed by atoms with van der Waals surface area (Å²) in [5.74, 6) is 0.387. The maximum atomic E-state index is 13.2. The van der Waals surface area contributed by atoms with Crippen molar-refractivity contribution in [2.75, 3.05) is 13.1 Å². The van der Waals surface area contributed by atoms with Gasteiger partial charge in [0, 0.05) is 18.7 Å². The predicted molar refractivity (Wildman–Crippen MR) is 126 cm³/mol. The van der Waals surface area contributed by atoms with Gasteiger partial charge < -0.3 is 9.15 Å². The molecule has 180 valence electrons. The molecule has 9 heteroatoms. The highest BCUT2D eigenvalue weighted by molar-refractivity contribution is 7.89. The number of aryl methyl sites for hydroxylation is 1. The fourth-order valence-electron chi connectivity index (χ4n) is 4.23. The topological polar surface area (TPSA) is 103 Å². The number of piperidine rings is 1. The van der Waals surface area contributed by atoms with Crippen LogP contribution in [0.3, 0.4) is 0 Å². The molecule has 0 bridgehead atoms. The molecule has 0 saturated carbocycles. The summed E-state index contributed by atoms with van der Waals surface area (Å²) >= 11 is 0. The van der Waals surface area contributed by atoms with Crippen LogP contribution in [0.4, 0.5) is 0 Å². The smallest absolute Gasteiger partial charge is 0.338 e. The fraction of sp³-hybridized carbons (Fsp3) is 0.400. The summed E-state index contributed by atoms with van der Waals surface area (Å²) in [6.07, 6.45) is 0.195. The Morgan fingerprint density at radius 3 is 2.44 bits per heavy atom. The van der Waals surface area contributed by atoms with Crippen LogP contribution in [0.2, 0.25) is 0 Å². The number of nitrogens with zero attached hydrogens (tertiary/aromatic N) is 3. The van der Waals surface area contributed by atoms with Gasteiger partial charge in [-0.15, -0.1) is 10.2 Å². The molecule has 3 atom stereocenters. The van der Waals surface area contributed by atoms with Crippen molar-refractivity contribution in [3.8, 4) is 11.5 Å². The van der Waals surface area contributed by atoms with Crippen LogP contribution in [-0.2, 0) is 14.8 Å². The Balaban J connectivity index is 1.48. The maximum Gasteiger partial charge on any atom is 0.338 e. The van der Waals surface area contributed by atoms with Crippen LogP contribution in [0.15, 0.2) is 57.8 Å². The molecular formula is C25H29N3O5S. The maximum absolute atomic E-state index is 13.2. The molecular weight excluding hydrogens is 454 g/mol. The lowest BCUT2D eigenvalue weighted by atomic mass is 9.94. The Morgan fingerprint density at radius 1 is 1.09 bits per heavy atom. The first-order valence-electron chi connectivity index (χ1n) is 11.3. The highest BCUT2D eigenvalue weighted by Gasteiger charge is 2.32. The molecule has 0 spiro atoms. The zero-order valence-electron chi connectivity index (χ0n) is 19.8. The number of sulfonamides is 1. The Kier molecular flexibility index (Phi) is 6.86. The van der Waals surface area contributed by atoms with Gasteiger partial charge in [0.05, 0.1) is 10.5 Å². The number of carbonyl (C=O) groups is 1. The third-order valence-corrected chi connectivity index (χ3v) is 7.74. The Labute approximate surface area is 200 Å². The number of aromatic nitrogens is 2. The Bertz CT molecular complexity index is 1260. The fourth-order valence-corrected chi connectivity index (χ4v) is 5.95. The summed E-state index contributed by atoms with van der Waals surface area (Å²) in [6, 6.07) is 13.6. The lowest BCUT2D eigenvalue weighted by molar-refractivity contribution is 0.0279. The standard InChI is InChI=1S/C25H29N3O5S/c1-16-8-10-20(11-9-16)24-27-26-23(33-24)19(4)32-25(29)21-6-5-7-22(13-21)34(30,31)28-14-17(2)12-18(3)15-28/h5-11,13,17-19H,12,14-15H2,1-4H3. The monoisotopic (exact) mass is 483 g/mol. The van der Waals surface area contributed by atoms with Gasteiger partial charge in [-0.1, -0.05) is 37.6 Å². The van der Waals surface area contributed by atoms with Gasteiger partial charge in [0.1, 0.15) is 0 Å². The first kappa shape index (κ1) is 24.1. The third-order valence-electron chi connectivity index (χ3n) is 5.91. The quantitative estimate of drug-likeness (QED) is 0.471. The lowest BCUT2D eigenvalue weighted by Crippen LogP contribution is -2.42. The van der Waals surface area contributed by atoms with E-state index in [9.17, 15) is 13.2 Å². The van der Waals surface area contributed by atoms with Crippen molar-refractivity contribution in [1.82, 2.24) is 14.5 Å². The zero-order chi connectivity index (χ0) is 24.5. The first-order chi connectivity index (χ1) is 16.1. The molecule has 4 rings (SSSR count). The van der Waals surface area contributed by atoms with E-state index in [1.165, 1.54) is 22.5 Å². The van der Waals surface area contributed by atoms with Gasteiger partial charge in [0.2, 0.25) is 15.9 Å². The molecule has 0 aliphatic carbocycles. The van der Waals surface area contributed by atoms with Crippen molar-refractivity contribution in [2.24, 2.45) is 11.8 Å². The van der Waals surface area contributed by atoms with Crippen molar-refractivity contribution < 1.29 is 22.4 Å². The molecule has 0 radical (unpaired) electrons. The average molecular weight is 484 g/mol. The predicted octanol–water partition coefficient (Wildman–Crippen LogP) is 4.63. The van der Waals surface area contributed by atoms with Crippen LogP contribution in [-0.4, -0.2) is 42.0 Å². The molecule has 1 aliphatic heterocycles. The summed E-state index contributed by atoms with van der Waals surface area (Å²) in [5.41, 5.74) is 2.02. The molecule has 1 fully saturated rings. The zero-order valence-corrected chi connectivity index (χ0v) is 20.6. The van der Waals surface area contributed by atoms with E-state index in [2.05, 4.69) is 24.0 Å². The van der Waals surface area contributed by atoms with Crippen molar-refractivity contribution >= 4 is 16.0 Å². The number of ether oxygens (including phenoxy) is 1. The van der Waals surface area contributed by atoms with Crippen LogP contribution < -0.4 is 0 Å². The van der Waals surface area contributed by atoms with E-state index in [4.69, 9.17) is 9.15 Å². The second-order valence-corrected chi connectivity index (χ2v) is 11.1. The SMILES string of the molecule is Cc1ccc(-c2nnc(C(C)OC(=O)c3cccc(S(=O)(=O)N4CC(C)CC(C)C4)c3)o2)cc1. The summed E-state index contributed by atoms with van der Waals surface area (Å²) in [6.45, 7) is 8.65. The van der Waals surface area contributed by atoms with E-state index in [-0.39, 0.29) is 28.2 Å². The van der Waals surface area contributed by atoms with Gasteiger partial charge in [-0.25, -0.2) is 13.2 Å². The molecule has 34 heavy (non-hydrogen) atoms. The Hall–Kier alpha value is -3.04. The van der Waals surface area contributed by atoms with Crippen molar-refractivity contribution in [1.29, 1.82) is 0 Å². The number of hydrogen-bond acceptors (Lipinski definition) is 7. The largest absolute Gasteiger partial charge is 0.449 e. The average Bonchev–Trinajstić information content (AvgIpc) is 3.29. The Morgan fingerprint density at radius 2 is 1.76 bits per heavy atom. The summed E-state index contributed by atoms with van der Waals surface area (Å²) in [4.78, 5) is 12.9. The van der Waals surface area contributed by atoms with E-state index in [0.29, 0.717) is 19.0 Å². The highest BCUT2D eigenvalue weighted by atomic mass is 32.2. The molecule has 1 saturated heterocycles. The van der Waals surface area contributed by atoms with Gasteiger partial charge >= 0.3 is 5.97 Å². The molecule has 0 amide bonds. The minimum absolute atomic E-state index is 0.0790. The van der Waals surface area contributed by atoms with Crippen LogP contribution >= 0.6 is 0 Å². The van der Waals surface area contributed by atoms with Crippen molar-refractivity contribution in [3.63, 3.8) is 0 Å². The van der Waals surface area contributed by atoms with Gasteiger partial charge in [-0.2, -0.15) is 4.31 Å². The van der Waals surface area contributed by atoms with E-state index < -0.39 is 22.1 Å². The van der Waals surface area contributed by atoms with E-state index in [1.807, 2.05) is 31.2 Å². The van der Waals surface area contributed by atoms with E-state index in [0.717, 1.165) is 17.5 Å². The second kappa shape index (κ2) is 9.68. The van der Waals surface area contributed by atoms with E-state index in [1.54, 1.807) is 13.0 Å². The number of benzene rings is 2. The minimum atomic E-state index is -3.71. The molecule has 8 nitrogen and oxygen atoms in total. The molecule has 1 aromatic heterocycles. The highest BCUT2D eigenvalue weighted by Crippen LogP contribution is 2.28. The number of hydrogen-bond donors (Lipinski definition) is 0. The molecule has 3 unspecified atom stereocenters. The molecule has 2 heterocycles. The van der Waals surface area contributed by atoms with Crippen LogP contribution in [0.25, 0.3) is 11.5 Å².